The molecule has 0 aliphatic carbocycles. The summed E-state index contributed by atoms with van der Waals surface area (Å²) in [7, 11) is 1.33. The topological polar surface area (TPSA) is 57.0 Å². The van der Waals surface area contributed by atoms with Crippen LogP contribution >= 0.6 is 0 Å². The molecular weight excluding hydrogens is 381 g/mol. The van der Waals surface area contributed by atoms with Crippen molar-refractivity contribution in [1.29, 1.82) is 0 Å². The van der Waals surface area contributed by atoms with Gasteiger partial charge in [0.1, 0.15) is 5.82 Å². The number of nitrogens with zero attached hydrogens (tertiary/aromatic N) is 3. The third-order valence-electron chi connectivity index (χ3n) is 5.11. The summed E-state index contributed by atoms with van der Waals surface area (Å²) >= 11 is 0. The molecule has 6 heteroatoms. The van der Waals surface area contributed by atoms with E-state index in [1.807, 2.05) is 42.5 Å². The van der Waals surface area contributed by atoms with Gasteiger partial charge in [0.2, 0.25) is 0 Å². The molecule has 0 fully saturated rings. The first-order chi connectivity index (χ1) is 14.7. The second kappa shape index (κ2) is 7.08. The van der Waals surface area contributed by atoms with Crippen LogP contribution in [0.3, 0.4) is 0 Å². The number of aromatic nitrogens is 3. The second-order valence-corrected chi connectivity index (χ2v) is 6.84. The number of hydrogen-bond acceptors (Lipinski definition) is 4. The number of ether oxygens (including phenoxy) is 1. The van der Waals surface area contributed by atoms with Crippen LogP contribution in [-0.4, -0.2) is 27.8 Å². The lowest BCUT2D eigenvalue weighted by Crippen LogP contribution is -2.04. The zero-order valence-electron chi connectivity index (χ0n) is 16.0. The van der Waals surface area contributed by atoms with Crippen molar-refractivity contribution in [3.8, 4) is 16.8 Å². The molecule has 5 nitrogen and oxygen atoms in total. The van der Waals surface area contributed by atoms with Gasteiger partial charge in [-0.15, -0.1) is 0 Å². The number of esters is 1. The third-order valence-corrected chi connectivity index (χ3v) is 5.11. The molecule has 0 bridgehead atoms. The molecule has 5 rings (SSSR count). The number of pyridine rings is 1. The van der Waals surface area contributed by atoms with E-state index in [4.69, 9.17) is 4.74 Å². The van der Waals surface area contributed by atoms with Crippen LogP contribution in [0, 0.1) is 5.82 Å². The Labute approximate surface area is 171 Å². The van der Waals surface area contributed by atoms with Gasteiger partial charge in [0, 0.05) is 28.6 Å². The molecule has 3 aromatic carbocycles. The molecule has 30 heavy (non-hydrogen) atoms. The summed E-state index contributed by atoms with van der Waals surface area (Å²) in [6.45, 7) is 0. The summed E-state index contributed by atoms with van der Waals surface area (Å²) in [5.74, 6) is -0.878. The van der Waals surface area contributed by atoms with Crippen LogP contribution in [-0.2, 0) is 4.74 Å². The highest BCUT2D eigenvalue weighted by molar-refractivity contribution is 6.17. The van der Waals surface area contributed by atoms with Gasteiger partial charge in [0.05, 0.1) is 18.3 Å². The number of rotatable bonds is 3. The highest BCUT2D eigenvalue weighted by Crippen LogP contribution is 2.37. The van der Waals surface area contributed by atoms with E-state index < -0.39 is 5.97 Å². The molecule has 0 atom stereocenters. The van der Waals surface area contributed by atoms with Crippen LogP contribution in [0.15, 0.2) is 79.1 Å². The molecule has 0 spiro atoms. The van der Waals surface area contributed by atoms with Crippen LogP contribution in [0.5, 0.6) is 0 Å². The molecule has 0 N–H and O–H groups in total. The largest absolute Gasteiger partial charge is 0.464 e. The van der Waals surface area contributed by atoms with Gasteiger partial charge in [-0.05, 0) is 47.5 Å². The van der Waals surface area contributed by atoms with E-state index in [0.717, 1.165) is 27.4 Å². The van der Waals surface area contributed by atoms with Gasteiger partial charge < -0.3 is 4.74 Å². The predicted octanol–water partition coefficient (Wildman–Crippen LogP) is 5.17. The number of benzene rings is 3. The van der Waals surface area contributed by atoms with Gasteiger partial charge in [0.25, 0.3) is 0 Å². The number of halogens is 1. The number of carbonyl (C=O) groups excluding carboxylic acids is 1. The Hall–Kier alpha value is -4.06. The maximum atomic E-state index is 13.5. The van der Waals surface area contributed by atoms with E-state index >= 15 is 0 Å². The fourth-order valence-electron chi connectivity index (χ4n) is 3.74. The van der Waals surface area contributed by atoms with E-state index in [-0.39, 0.29) is 11.5 Å². The van der Waals surface area contributed by atoms with Gasteiger partial charge in [-0.2, -0.15) is 5.10 Å². The number of hydrogen-bond donors (Lipinski definition) is 0. The fraction of sp³-hybridized carbons (Fsp3) is 0.0417. The zero-order chi connectivity index (χ0) is 20.7. The van der Waals surface area contributed by atoms with Crippen molar-refractivity contribution in [3.05, 3.63) is 90.6 Å². The Kier molecular flexibility index (Phi) is 4.25. The van der Waals surface area contributed by atoms with Gasteiger partial charge in [-0.25, -0.2) is 13.9 Å². The van der Waals surface area contributed by atoms with Gasteiger partial charge in [-0.1, -0.05) is 30.3 Å². The van der Waals surface area contributed by atoms with Gasteiger partial charge >= 0.3 is 5.97 Å². The maximum Gasteiger partial charge on any atom is 0.359 e. The number of fused-ring (bicyclic) bond motifs is 3. The fourth-order valence-corrected chi connectivity index (χ4v) is 3.74. The smallest absolute Gasteiger partial charge is 0.359 e. The molecule has 0 saturated carbocycles. The molecule has 0 aliphatic heterocycles. The van der Waals surface area contributed by atoms with Crippen LogP contribution < -0.4 is 0 Å². The summed E-state index contributed by atoms with van der Waals surface area (Å²) in [6, 6.07) is 19.7. The monoisotopic (exact) mass is 397 g/mol. The molecule has 5 aromatic rings. The lowest BCUT2D eigenvalue weighted by molar-refractivity contribution is 0.0595. The van der Waals surface area contributed by atoms with Crippen molar-refractivity contribution in [2.75, 3.05) is 7.11 Å². The molecule has 0 amide bonds. The van der Waals surface area contributed by atoms with Crippen LogP contribution in [0.2, 0.25) is 0 Å². The molecule has 0 unspecified atom stereocenters. The number of methoxy groups -OCH3 is 1. The highest BCUT2D eigenvalue weighted by Gasteiger charge is 2.22. The third kappa shape index (κ3) is 2.81. The number of carbonyl (C=O) groups is 1. The van der Waals surface area contributed by atoms with E-state index in [9.17, 15) is 9.18 Å². The minimum absolute atomic E-state index is 0.202. The Morgan fingerprint density at radius 3 is 2.47 bits per heavy atom. The Balaban J connectivity index is 1.93. The second-order valence-electron chi connectivity index (χ2n) is 6.84. The molecular formula is C24H16FN3O2. The van der Waals surface area contributed by atoms with E-state index in [1.54, 1.807) is 29.2 Å². The SMILES string of the molecule is COC(=O)c1nn(-c2ccc(F)cc2)c2c1cc(-c1ccccc1)c1cnccc12. The lowest BCUT2D eigenvalue weighted by Gasteiger charge is -2.10. The van der Waals surface area contributed by atoms with Crippen molar-refractivity contribution in [2.24, 2.45) is 0 Å². The van der Waals surface area contributed by atoms with Crippen molar-refractivity contribution in [2.45, 2.75) is 0 Å². The van der Waals surface area contributed by atoms with Crippen molar-refractivity contribution in [3.63, 3.8) is 0 Å². The van der Waals surface area contributed by atoms with E-state index in [0.29, 0.717) is 11.1 Å². The first kappa shape index (κ1) is 18.0. The van der Waals surface area contributed by atoms with Crippen molar-refractivity contribution in [1.82, 2.24) is 14.8 Å². The molecule has 146 valence electrons. The average Bonchev–Trinajstić information content (AvgIpc) is 3.19. The lowest BCUT2D eigenvalue weighted by atomic mass is 9.96. The minimum Gasteiger partial charge on any atom is -0.464 e. The Morgan fingerprint density at radius 1 is 0.967 bits per heavy atom. The summed E-state index contributed by atoms with van der Waals surface area (Å²) in [5.41, 5.74) is 3.52. The predicted molar refractivity (Wildman–Crippen MR) is 113 cm³/mol. The molecule has 2 heterocycles. The standard InChI is InChI=1S/C24H16FN3O2/c1-30-24(29)22-20-13-19(15-5-3-2-4-6-15)21-14-26-12-11-18(21)23(20)28(27-22)17-9-7-16(25)8-10-17/h2-14H,1H3. The molecule has 0 radical (unpaired) electrons. The Bertz CT molecular complexity index is 1390. The maximum absolute atomic E-state index is 13.5. The summed E-state index contributed by atoms with van der Waals surface area (Å²) < 4.78 is 20.1. The quantitative estimate of drug-likeness (QED) is 0.394. The Morgan fingerprint density at radius 2 is 1.73 bits per heavy atom. The molecule has 2 aromatic heterocycles. The van der Waals surface area contributed by atoms with Gasteiger partial charge in [0.15, 0.2) is 5.69 Å². The highest BCUT2D eigenvalue weighted by atomic mass is 19.1. The molecule has 0 saturated heterocycles. The van der Waals surface area contributed by atoms with Crippen LogP contribution in [0.1, 0.15) is 10.5 Å². The first-order valence-corrected chi connectivity index (χ1v) is 9.36. The normalized spacial score (nSPS) is 11.1. The first-order valence-electron chi connectivity index (χ1n) is 9.36. The van der Waals surface area contributed by atoms with Crippen LogP contribution in [0.4, 0.5) is 4.39 Å². The summed E-state index contributed by atoms with van der Waals surface area (Å²) in [4.78, 5) is 16.8. The average molecular weight is 397 g/mol. The van der Waals surface area contributed by atoms with Gasteiger partial charge in [-0.3, -0.25) is 4.98 Å². The zero-order valence-corrected chi connectivity index (χ0v) is 16.0. The van der Waals surface area contributed by atoms with E-state index in [2.05, 4.69) is 10.1 Å². The van der Waals surface area contributed by atoms with Crippen molar-refractivity contribution < 1.29 is 13.9 Å². The van der Waals surface area contributed by atoms with E-state index in [1.165, 1.54) is 19.2 Å². The summed E-state index contributed by atoms with van der Waals surface area (Å²) in [6.07, 6.45) is 3.51. The van der Waals surface area contributed by atoms with Crippen molar-refractivity contribution >= 4 is 27.6 Å². The van der Waals surface area contributed by atoms with Crippen LogP contribution in [0.25, 0.3) is 38.5 Å². The minimum atomic E-state index is -0.534. The molecule has 0 aliphatic rings. The summed E-state index contributed by atoms with van der Waals surface area (Å²) in [5, 5.41) is 7.01.